The number of anilines is 1. The van der Waals surface area contributed by atoms with E-state index in [1.807, 2.05) is 6.92 Å². The summed E-state index contributed by atoms with van der Waals surface area (Å²) in [5.41, 5.74) is 8.22. The Kier molecular flexibility index (Phi) is 4.61. The van der Waals surface area contributed by atoms with Gasteiger partial charge in [0.25, 0.3) is 0 Å². The number of rotatable bonds is 4. The summed E-state index contributed by atoms with van der Waals surface area (Å²) < 4.78 is 1.12. The fourth-order valence-electron chi connectivity index (χ4n) is 1.57. The lowest BCUT2D eigenvalue weighted by Crippen LogP contribution is -2.18. The highest BCUT2D eigenvalue weighted by atomic mass is 79.9. The lowest BCUT2D eigenvalue weighted by atomic mass is 10.1. The number of benzene rings is 1. The molecule has 3 heteroatoms. The minimum Gasteiger partial charge on any atom is -0.374 e. The van der Waals surface area contributed by atoms with Crippen LogP contribution in [0.25, 0.3) is 0 Å². The molecule has 84 valence electrons. The van der Waals surface area contributed by atoms with Crippen molar-refractivity contribution in [1.29, 1.82) is 0 Å². The summed E-state index contributed by atoms with van der Waals surface area (Å²) in [7, 11) is 2.11. The molecule has 0 aliphatic heterocycles. The standard InChI is InChI=1S/C12H19BrN2/c1-4-7-15(3)12-6-5-10(9(2)14)8-11(12)13/h5-6,8-9H,4,7,14H2,1-3H3. The Bertz CT molecular complexity index is 323. The van der Waals surface area contributed by atoms with E-state index in [4.69, 9.17) is 5.73 Å². The maximum atomic E-state index is 5.83. The van der Waals surface area contributed by atoms with E-state index in [0.29, 0.717) is 0 Å². The van der Waals surface area contributed by atoms with E-state index >= 15 is 0 Å². The van der Waals surface area contributed by atoms with E-state index in [2.05, 4.69) is 53.0 Å². The molecule has 0 spiro atoms. The zero-order valence-corrected chi connectivity index (χ0v) is 11.2. The van der Waals surface area contributed by atoms with Crippen molar-refractivity contribution in [2.45, 2.75) is 26.3 Å². The quantitative estimate of drug-likeness (QED) is 0.910. The molecular formula is C12H19BrN2. The van der Waals surface area contributed by atoms with Crippen LogP contribution < -0.4 is 10.6 Å². The Hall–Kier alpha value is -0.540. The normalized spacial score (nSPS) is 12.6. The van der Waals surface area contributed by atoms with Crippen LogP contribution in [0.15, 0.2) is 22.7 Å². The second-order valence-corrected chi connectivity index (χ2v) is 4.78. The van der Waals surface area contributed by atoms with Gasteiger partial charge in [-0.05, 0) is 47.0 Å². The summed E-state index contributed by atoms with van der Waals surface area (Å²) in [4.78, 5) is 2.25. The molecule has 0 aliphatic carbocycles. The zero-order chi connectivity index (χ0) is 11.4. The van der Waals surface area contributed by atoms with Gasteiger partial charge < -0.3 is 10.6 Å². The molecule has 0 radical (unpaired) electrons. The van der Waals surface area contributed by atoms with Gasteiger partial charge in [-0.3, -0.25) is 0 Å². The van der Waals surface area contributed by atoms with Crippen molar-refractivity contribution >= 4 is 21.6 Å². The molecule has 1 atom stereocenters. The SMILES string of the molecule is CCCN(C)c1ccc(C(C)N)cc1Br. The van der Waals surface area contributed by atoms with Crippen molar-refractivity contribution in [3.63, 3.8) is 0 Å². The third kappa shape index (κ3) is 3.21. The van der Waals surface area contributed by atoms with Crippen molar-refractivity contribution in [1.82, 2.24) is 0 Å². The smallest absolute Gasteiger partial charge is 0.0508 e. The highest BCUT2D eigenvalue weighted by Gasteiger charge is 2.07. The topological polar surface area (TPSA) is 29.3 Å². The summed E-state index contributed by atoms with van der Waals surface area (Å²) in [5.74, 6) is 0. The van der Waals surface area contributed by atoms with E-state index in [1.165, 1.54) is 5.69 Å². The molecule has 1 rings (SSSR count). The summed E-state index contributed by atoms with van der Waals surface area (Å²) in [6.45, 7) is 5.24. The fraction of sp³-hybridized carbons (Fsp3) is 0.500. The molecule has 0 amide bonds. The van der Waals surface area contributed by atoms with E-state index < -0.39 is 0 Å². The monoisotopic (exact) mass is 270 g/mol. The zero-order valence-electron chi connectivity index (χ0n) is 9.63. The molecule has 1 unspecified atom stereocenters. The number of nitrogens with two attached hydrogens (primary N) is 1. The molecule has 2 nitrogen and oxygen atoms in total. The van der Waals surface area contributed by atoms with Crippen molar-refractivity contribution in [3.05, 3.63) is 28.2 Å². The van der Waals surface area contributed by atoms with Crippen LogP contribution in [0.5, 0.6) is 0 Å². The molecule has 0 aromatic heterocycles. The molecule has 0 bridgehead atoms. The number of halogens is 1. The van der Waals surface area contributed by atoms with Gasteiger partial charge in [0.2, 0.25) is 0 Å². The molecule has 0 fully saturated rings. The van der Waals surface area contributed by atoms with Crippen LogP contribution in [0, 0.1) is 0 Å². The lowest BCUT2D eigenvalue weighted by Gasteiger charge is -2.21. The van der Waals surface area contributed by atoms with Crippen molar-refractivity contribution in [2.24, 2.45) is 5.73 Å². The van der Waals surface area contributed by atoms with Crippen LogP contribution >= 0.6 is 15.9 Å². The van der Waals surface area contributed by atoms with Crippen LogP contribution in [-0.4, -0.2) is 13.6 Å². The van der Waals surface area contributed by atoms with Crippen molar-refractivity contribution < 1.29 is 0 Å². The third-order valence-corrected chi connectivity index (χ3v) is 3.10. The molecule has 0 aliphatic rings. The first kappa shape index (κ1) is 12.5. The number of nitrogens with zero attached hydrogens (tertiary/aromatic N) is 1. The van der Waals surface area contributed by atoms with E-state index in [9.17, 15) is 0 Å². The first-order valence-corrected chi connectivity index (χ1v) is 6.11. The average Bonchev–Trinajstić information content (AvgIpc) is 2.17. The average molecular weight is 271 g/mol. The first-order valence-electron chi connectivity index (χ1n) is 5.32. The Labute approximate surface area is 101 Å². The van der Waals surface area contributed by atoms with E-state index in [-0.39, 0.29) is 6.04 Å². The van der Waals surface area contributed by atoms with Gasteiger partial charge in [0.1, 0.15) is 0 Å². The van der Waals surface area contributed by atoms with Crippen LogP contribution in [-0.2, 0) is 0 Å². The van der Waals surface area contributed by atoms with Gasteiger partial charge in [0.15, 0.2) is 0 Å². The fourth-order valence-corrected chi connectivity index (χ4v) is 2.27. The van der Waals surface area contributed by atoms with Gasteiger partial charge in [0, 0.05) is 24.1 Å². The minimum atomic E-state index is 0.0897. The van der Waals surface area contributed by atoms with Crippen LogP contribution in [0.3, 0.4) is 0 Å². The van der Waals surface area contributed by atoms with Gasteiger partial charge >= 0.3 is 0 Å². The predicted molar refractivity (Wildman–Crippen MR) is 70.3 cm³/mol. The summed E-state index contributed by atoms with van der Waals surface area (Å²) in [6, 6.07) is 6.41. The molecule has 2 N–H and O–H groups in total. The Morgan fingerprint density at radius 2 is 2.13 bits per heavy atom. The maximum absolute atomic E-state index is 5.83. The second kappa shape index (κ2) is 5.52. The Balaban J connectivity index is 2.92. The summed E-state index contributed by atoms with van der Waals surface area (Å²) >= 11 is 3.59. The van der Waals surface area contributed by atoms with Gasteiger partial charge in [-0.2, -0.15) is 0 Å². The number of hydrogen-bond donors (Lipinski definition) is 1. The van der Waals surface area contributed by atoms with Crippen LogP contribution in [0.1, 0.15) is 31.9 Å². The van der Waals surface area contributed by atoms with E-state index in [1.54, 1.807) is 0 Å². The lowest BCUT2D eigenvalue weighted by molar-refractivity contribution is 0.813. The van der Waals surface area contributed by atoms with Gasteiger partial charge in [-0.15, -0.1) is 0 Å². The van der Waals surface area contributed by atoms with Crippen molar-refractivity contribution in [2.75, 3.05) is 18.5 Å². The molecule has 15 heavy (non-hydrogen) atoms. The number of hydrogen-bond acceptors (Lipinski definition) is 2. The summed E-state index contributed by atoms with van der Waals surface area (Å²) in [6.07, 6.45) is 1.15. The molecule has 0 saturated heterocycles. The molecule has 1 aromatic carbocycles. The van der Waals surface area contributed by atoms with Crippen LogP contribution in [0.4, 0.5) is 5.69 Å². The van der Waals surface area contributed by atoms with Gasteiger partial charge in [0.05, 0.1) is 5.69 Å². The maximum Gasteiger partial charge on any atom is 0.0508 e. The molecule has 0 heterocycles. The molecule has 1 aromatic rings. The third-order valence-electron chi connectivity index (χ3n) is 2.47. The highest BCUT2D eigenvalue weighted by Crippen LogP contribution is 2.28. The highest BCUT2D eigenvalue weighted by molar-refractivity contribution is 9.10. The largest absolute Gasteiger partial charge is 0.374 e. The van der Waals surface area contributed by atoms with Gasteiger partial charge in [-0.25, -0.2) is 0 Å². The van der Waals surface area contributed by atoms with E-state index in [0.717, 1.165) is 23.0 Å². The molecule has 0 saturated carbocycles. The second-order valence-electron chi connectivity index (χ2n) is 3.92. The van der Waals surface area contributed by atoms with Gasteiger partial charge in [-0.1, -0.05) is 13.0 Å². The minimum absolute atomic E-state index is 0.0897. The van der Waals surface area contributed by atoms with Crippen LogP contribution in [0.2, 0.25) is 0 Å². The Morgan fingerprint density at radius 1 is 1.47 bits per heavy atom. The predicted octanol–water partition coefficient (Wildman–Crippen LogP) is 3.32. The summed E-state index contributed by atoms with van der Waals surface area (Å²) in [5, 5.41) is 0. The Morgan fingerprint density at radius 3 is 2.60 bits per heavy atom. The molecular weight excluding hydrogens is 252 g/mol. The first-order chi connectivity index (χ1) is 7.06. The van der Waals surface area contributed by atoms with Crippen molar-refractivity contribution in [3.8, 4) is 0 Å².